The second-order valence-electron chi connectivity index (χ2n) is 6.17. The minimum atomic E-state index is -0.183. The van der Waals surface area contributed by atoms with Gasteiger partial charge in [-0.05, 0) is 37.1 Å². The van der Waals surface area contributed by atoms with Gasteiger partial charge >= 0.3 is 0 Å². The van der Waals surface area contributed by atoms with Crippen LogP contribution in [0.2, 0.25) is 0 Å². The number of para-hydroxylation sites is 1. The maximum absolute atomic E-state index is 11.9. The van der Waals surface area contributed by atoms with E-state index in [-0.39, 0.29) is 5.56 Å². The highest BCUT2D eigenvalue weighted by atomic mass is 16.1. The average Bonchev–Trinajstić information content (AvgIpc) is 2.98. The molecule has 4 rings (SSSR count). The van der Waals surface area contributed by atoms with Crippen molar-refractivity contribution in [1.29, 1.82) is 0 Å². The first-order valence-electron chi connectivity index (χ1n) is 8.52. The SMILES string of the molecule is Cc1[nH]c2ccccc2c1CCNc1nc(-c2ccncc2)cc(=O)[nH]1. The summed E-state index contributed by atoms with van der Waals surface area (Å²) in [6.45, 7) is 2.75. The number of nitrogens with zero attached hydrogens (tertiary/aromatic N) is 2. The van der Waals surface area contributed by atoms with Crippen LogP contribution in [0.4, 0.5) is 5.95 Å². The molecule has 0 radical (unpaired) electrons. The number of pyridine rings is 1. The highest BCUT2D eigenvalue weighted by Gasteiger charge is 2.08. The largest absolute Gasteiger partial charge is 0.358 e. The molecule has 0 amide bonds. The smallest absolute Gasteiger partial charge is 0.252 e. The van der Waals surface area contributed by atoms with Gasteiger partial charge in [0, 0.05) is 47.2 Å². The summed E-state index contributed by atoms with van der Waals surface area (Å²) < 4.78 is 0. The molecule has 6 nitrogen and oxygen atoms in total. The fraction of sp³-hybridized carbons (Fsp3) is 0.150. The first-order chi connectivity index (χ1) is 12.7. The Morgan fingerprint density at radius 2 is 1.88 bits per heavy atom. The van der Waals surface area contributed by atoms with Crippen LogP contribution in [0.1, 0.15) is 11.3 Å². The number of H-pyrrole nitrogens is 2. The van der Waals surface area contributed by atoms with Crippen LogP contribution in [0.25, 0.3) is 22.2 Å². The summed E-state index contributed by atoms with van der Waals surface area (Å²) in [5.41, 5.74) is 4.90. The number of anilines is 1. The van der Waals surface area contributed by atoms with Crippen LogP contribution in [-0.4, -0.2) is 26.5 Å². The van der Waals surface area contributed by atoms with Gasteiger partial charge in [-0.15, -0.1) is 0 Å². The number of aromatic nitrogens is 4. The number of hydrogen-bond donors (Lipinski definition) is 3. The van der Waals surface area contributed by atoms with E-state index in [1.54, 1.807) is 12.4 Å². The van der Waals surface area contributed by atoms with Crippen LogP contribution in [0, 0.1) is 6.92 Å². The molecule has 0 fully saturated rings. The van der Waals surface area contributed by atoms with Crippen molar-refractivity contribution in [3.63, 3.8) is 0 Å². The zero-order valence-corrected chi connectivity index (χ0v) is 14.4. The number of nitrogens with one attached hydrogen (secondary N) is 3. The molecule has 0 atom stereocenters. The predicted octanol–water partition coefficient (Wildman–Crippen LogP) is 3.28. The Morgan fingerprint density at radius 1 is 1.08 bits per heavy atom. The normalized spacial score (nSPS) is 11.0. The second kappa shape index (κ2) is 6.84. The Bertz CT molecular complexity index is 1100. The van der Waals surface area contributed by atoms with Crippen LogP contribution in [0.5, 0.6) is 0 Å². The van der Waals surface area contributed by atoms with Gasteiger partial charge in [-0.2, -0.15) is 0 Å². The Hall–Kier alpha value is -3.41. The van der Waals surface area contributed by atoms with E-state index < -0.39 is 0 Å². The van der Waals surface area contributed by atoms with Crippen LogP contribution < -0.4 is 10.9 Å². The monoisotopic (exact) mass is 345 g/mol. The van der Waals surface area contributed by atoms with Gasteiger partial charge in [0.15, 0.2) is 0 Å². The van der Waals surface area contributed by atoms with Crippen LogP contribution >= 0.6 is 0 Å². The van der Waals surface area contributed by atoms with E-state index in [2.05, 4.69) is 44.3 Å². The summed E-state index contributed by atoms with van der Waals surface area (Å²) in [5, 5.41) is 4.46. The maximum atomic E-state index is 11.9. The van der Waals surface area contributed by atoms with E-state index in [9.17, 15) is 4.79 Å². The lowest BCUT2D eigenvalue weighted by molar-refractivity contribution is 0.972. The number of fused-ring (bicyclic) bond motifs is 1. The van der Waals surface area contributed by atoms with Gasteiger partial charge in [0.1, 0.15) is 0 Å². The maximum Gasteiger partial charge on any atom is 0.252 e. The summed E-state index contributed by atoms with van der Waals surface area (Å²) >= 11 is 0. The highest BCUT2D eigenvalue weighted by molar-refractivity contribution is 5.84. The van der Waals surface area contributed by atoms with Crippen molar-refractivity contribution in [2.45, 2.75) is 13.3 Å². The molecule has 0 bridgehead atoms. The molecule has 130 valence electrons. The minimum absolute atomic E-state index is 0.183. The van der Waals surface area contributed by atoms with Crippen LogP contribution in [0.15, 0.2) is 59.7 Å². The number of hydrogen-bond acceptors (Lipinski definition) is 4. The number of aryl methyl sites for hydroxylation is 1. The molecular weight excluding hydrogens is 326 g/mol. The Morgan fingerprint density at radius 3 is 2.73 bits per heavy atom. The first-order valence-corrected chi connectivity index (χ1v) is 8.52. The molecule has 3 heterocycles. The van der Waals surface area contributed by atoms with E-state index in [1.165, 1.54) is 22.7 Å². The Labute approximate surface area is 150 Å². The van der Waals surface area contributed by atoms with Gasteiger partial charge < -0.3 is 10.3 Å². The van der Waals surface area contributed by atoms with Crippen LogP contribution in [0.3, 0.4) is 0 Å². The molecule has 0 aliphatic heterocycles. The van der Waals surface area contributed by atoms with Crippen molar-refractivity contribution < 1.29 is 0 Å². The van der Waals surface area contributed by atoms with Crippen molar-refractivity contribution in [3.05, 3.63) is 76.5 Å². The minimum Gasteiger partial charge on any atom is -0.358 e. The number of benzene rings is 1. The Kier molecular flexibility index (Phi) is 4.23. The van der Waals surface area contributed by atoms with E-state index in [4.69, 9.17) is 0 Å². The van der Waals surface area contributed by atoms with Gasteiger partial charge in [-0.25, -0.2) is 4.98 Å². The zero-order chi connectivity index (χ0) is 17.9. The lowest BCUT2D eigenvalue weighted by Crippen LogP contribution is -2.14. The van der Waals surface area contributed by atoms with Crippen molar-refractivity contribution in [1.82, 2.24) is 19.9 Å². The standard InChI is InChI=1S/C20H19N5O/c1-13-15(16-4-2-3-5-17(16)23-13)8-11-22-20-24-18(12-19(26)25-20)14-6-9-21-10-7-14/h2-7,9-10,12,23H,8,11H2,1H3,(H2,22,24,25,26). The third-order valence-corrected chi connectivity index (χ3v) is 4.41. The summed E-state index contributed by atoms with van der Waals surface area (Å²) in [5.74, 6) is 0.474. The van der Waals surface area contributed by atoms with Gasteiger partial charge in [-0.3, -0.25) is 14.8 Å². The third kappa shape index (κ3) is 3.21. The zero-order valence-electron chi connectivity index (χ0n) is 14.4. The van der Waals surface area contributed by atoms with Crippen molar-refractivity contribution in [2.24, 2.45) is 0 Å². The van der Waals surface area contributed by atoms with E-state index in [1.807, 2.05) is 24.3 Å². The van der Waals surface area contributed by atoms with Crippen molar-refractivity contribution in [3.8, 4) is 11.3 Å². The van der Waals surface area contributed by atoms with E-state index in [0.717, 1.165) is 17.5 Å². The molecule has 3 aromatic heterocycles. The molecule has 0 aliphatic carbocycles. The summed E-state index contributed by atoms with van der Waals surface area (Å²) in [4.78, 5) is 26.6. The first kappa shape index (κ1) is 16.1. The lowest BCUT2D eigenvalue weighted by atomic mass is 10.1. The number of rotatable bonds is 5. The van der Waals surface area contributed by atoms with Gasteiger partial charge in [0.05, 0.1) is 5.69 Å². The summed E-state index contributed by atoms with van der Waals surface area (Å²) in [7, 11) is 0. The highest BCUT2D eigenvalue weighted by Crippen LogP contribution is 2.22. The molecule has 6 heteroatoms. The molecule has 0 aliphatic rings. The topological polar surface area (TPSA) is 86.5 Å². The molecule has 0 unspecified atom stereocenters. The molecule has 0 saturated heterocycles. The van der Waals surface area contributed by atoms with E-state index >= 15 is 0 Å². The molecule has 4 aromatic rings. The Balaban J connectivity index is 1.52. The van der Waals surface area contributed by atoms with Crippen LogP contribution in [-0.2, 0) is 6.42 Å². The van der Waals surface area contributed by atoms with Crippen molar-refractivity contribution in [2.75, 3.05) is 11.9 Å². The quantitative estimate of drug-likeness (QED) is 0.518. The fourth-order valence-corrected chi connectivity index (χ4v) is 3.17. The third-order valence-electron chi connectivity index (χ3n) is 4.41. The number of aromatic amines is 2. The molecule has 0 saturated carbocycles. The molecule has 0 spiro atoms. The fourth-order valence-electron chi connectivity index (χ4n) is 3.17. The summed E-state index contributed by atoms with van der Waals surface area (Å²) in [6.07, 6.45) is 4.20. The summed E-state index contributed by atoms with van der Waals surface area (Å²) in [6, 6.07) is 13.4. The van der Waals surface area contributed by atoms with Crippen molar-refractivity contribution >= 4 is 16.9 Å². The average molecular weight is 345 g/mol. The predicted molar refractivity (Wildman–Crippen MR) is 103 cm³/mol. The molecule has 3 N–H and O–H groups in total. The molecule has 1 aromatic carbocycles. The van der Waals surface area contributed by atoms with Gasteiger partial charge in [-0.1, -0.05) is 18.2 Å². The van der Waals surface area contributed by atoms with Gasteiger partial charge in [0.25, 0.3) is 5.56 Å². The van der Waals surface area contributed by atoms with Gasteiger partial charge in [0.2, 0.25) is 5.95 Å². The second-order valence-corrected chi connectivity index (χ2v) is 6.17. The van der Waals surface area contributed by atoms with E-state index in [0.29, 0.717) is 18.2 Å². The molecule has 26 heavy (non-hydrogen) atoms. The lowest BCUT2D eigenvalue weighted by Gasteiger charge is -2.08. The molecular formula is C20H19N5O.